The van der Waals surface area contributed by atoms with Gasteiger partial charge in [-0.05, 0) is 19.8 Å². The maximum atomic E-state index is 11.5. The van der Waals surface area contributed by atoms with Crippen LogP contribution in [-0.2, 0) is 16.3 Å². The minimum absolute atomic E-state index is 0.118. The van der Waals surface area contributed by atoms with Crippen LogP contribution in [0, 0.1) is 0 Å². The summed E-state index contributed by atoms with van der Waals surface area (Å²) >= 11 is 1.69. The molecule has 0 bridgehead atoms. The van der Waals surface area contributed by atoms with Gasteiger partial charge in [-0.1, -0.05) is 13.8 Å². The summed E-state index contributed by atoms with van der Waals surface area (Å²) in [4.78, 5) is 5.61. The van der Waals surface area contributed by atoms with Crippen molar-refractivity contribution in [3.63, 3.8) is 0 Å². The van der Waals surface area contributed by atoms with Crippen molar-refractivity contribution in [1.29, 1.82) is 0 Å². The summed E-state index contributed by atoms with van der Waals surface area (Å²) in [5, 5.41) is 4.25. The molecule has 0 aromatic carbocycles. The highest BCUT2D eigenvalue weighted by atomic mass is 32.2. The van der Waals surface area contributed by atoms with Crippen molar-refractivity contribution in [3.05, 3.63) is 16.1 Å². The van der Waals surface area contributed by atoms with E-state index in [0.717, 1.165) is 11.4 Å². The van der Waals surface area contributed by atoms with Crippen LogP contribution < -0.4 is 5.32 Å². The fraction of sp³-hybridized carbons (Fsp3) is 0.750. The molecule has 104 valence electrons. The van der Waals surface area contributed by atoms with Crippen LogP contribution in [0.1, 0.15) is 43.1 Å². The molecule has 0 amide bonds. The van der Waals surface area contributed by atoms with E-state index in [2.05, 4.69) is 17.2 Å². The predicted octanol–water partition coefficient (Wildman–Crippen LogP) is 2.18. The first-order valence-corrected chi connectivity index (χ1v) is 9.00. The highest BCUT2D eigenvalue weighted by Gasteiger charge is 2.12. The minimum Gasteiger partial charge on any atom is -0.307 e. The molecule has 1 rings (SSSR count). The second-order valence-electron chi connectivity index (χ2n) is 4.35. The molecule has 1 unspecified atom stereocenters. The fourth-order valence-electron chi connectivity index (χ4n) is 1.62. The number of aromatic nitrogens is 1. The Balaban J connectivity index is 2.39. The topological polar surface area (TPSA) is 59.1 Å². The van der Waals surface area contributed by atoms with E-state index in [0.29, 0.717) is 13.0 Å². The lowest BCUT2D eigenvalue weighted by Gasteiger charge is -2.10. The molecule has 1 aromatic rings. The van der Waals surface area contributed by atoms with E-state index < -0.39 is 9.84 Å². The molecule has 4 nitrogen and oxygen atoms in total. The van der Waals surface area contributed by atoms with Crippen LogP contribution in [0.4, 0.5) is 0 Å². The number of hydrogen-bond acceptors (Lipinski definition) is 5. The molecule has 6 heteroatoms. The van der Waals surface area contributed by atoms with Crippen LogP contribution >= 0.6 is 11.3 Å². The monoisotopic (exact) mass is 290 g/mol. The molecule has 0 aliphatic heterocycles. The van der Waals surface area contributed by atoms with Crippen molar-refractivity contribution in [1.82, 2.24) is 10.3 Å². The summed E-state index contributed by atoms with van der Waals surface area (Å²) in [7, 11) is -2.89. The summed E-state index contributed by atoms with van der Waals surface area (Å²) in [5.41, 5.74) is 0. The lowest BCUT2D eigenvalue weighted by molar-refractivity contribution is 0.570. The maximum absolute atomic E-state index is 11.5. The Labute approximate surface area is 114 Å². The molecule has 18 heavy (non-hydrogen) atoms. The van der Waals surface area contributed by atoms with Crippen molar-refractivity contribution >= 4 is 21.2 Å². The number of nitrogens with one attached hydrogen (secondary N) is 1. The zero-order valence-corrected chi connectivity index (χ0v) is 12.9. The van der Waals surface area contributed by atoms with E-state index >= 15 is 0 Å². The minimum atomic E-state index is -2.89. The Morgan fingerprint density at radius 1 is 1.39 bits per heavy atom. The largest absolute Gasteiger partial charge is 0.307 e. The lowest BCUT2D eigenvalue weighted by atomic mass is 10.3. The highest BCUT2D eigenvalue weighted by molar-refractivity contribution is 7.91. The van der Waals surface area contributed by atoms with Gasteiger partial charge < -0.3 is 5.32 Å². The normalized spacial score (nSPS) is 13.7. The number of aryl methyl sites for hydroxylation is 1. The summed E-state index contributed by atoms with van der Waals surface area (Å²) in [5.74, 6) is 0.484. The molecule has 1 N–H and O–H groups in total. The Kier molecular flexibility index (Phi) is 6.25. The predicted molar refractivity (Wildman–Crippen MR) is 76.9 cm³/mol. The maximum Gasteiger partial charge on any atom is 0.151 e. The standard InChI is InChI=1S/C12H22N2O2S2/c1-4-7-18(15,16)8-6-13-10(3)12-14-9-11(5-2)17-12/h9-10,13H,4-8H2,1-3H3. The zero-order valence-electron chi connectivity index (χ0n) is 11.3. The van der Waals surface area contributed by atoms with E-state index in [1.165, 1.54) is 4.88 Å². The molecule has 0 aliphatic rings. The first-order chi connectivity index (χ1) is 8.48. The fourth-order valence-corrected chi connectivity index (χ4v) is 3.76. The molecule has 0 saturated heterocycles. The van der Waals surface area contributed by atoms with Gasteiger partial charge in [-0.15, -0.1) is 11.3 Å². The molecule has 1 atom stereocenters. The second-order valence-corrected chi connectivity index (χ2v) is 7.80. The number of hydrogen-bond donors (Lipinski definition) is 1. The van der Waals surface area contributed by atoms with Crippen LogP contribution in [0.25, 0.3) is 0 Å². The van der Waals surface area contributed by atoms with Gasteiger partial charge in [0.1, 0.15) is 5.01 Å². The Hall–Kier alpha value is -0.460. The molecule has 0 saturated carbocycles. The van der Waals surface area contributed by atoms with Gasteiger partial charge in [0.15, 0.2) is 9.84 Å². The van der Waals surface area contributed by atoms with Gasteiger partial charge in [0.2, 0.25) is 0 Å². The van der Waals surface area contributed by atoms with Crippen molar-refractivity contribution in [3.8, 4) is 0 Å². The Bertz CT molecular complexity index is 454. The van der Waals surface area contributed by atoms with Crippen molar-refractivity contribution in [2.45, 2.75) is 39.7 Å². The lowest BCUT2D eigenvalue weighted by Crippen LogP contribution is -2.26. The molecule has 0 radical (unpaired) electrons. The summed E-state index contributed by atoms with van der Waals surface area (Å²) in [6.07, 6.45) is 3.57. The number of rotatable bonds is 8. The molecule has 0 spiro atoms. The third kappa shape index (κ3) is 5.04. The first-order valence-electron chi connectivity index (χ1n) is 6.37. The van der Waals surface area contributed by atoms with Gasteiger partial charge in [0.05, 0.1) is 11.8 Å². The van der Waals surface area contributed by atoms with Crippen molar-refractivity contribution < 1.29 is 8.42 Å². The van der Waals surface area contributed by atoms with E-state index in [4.69, 9.17) is 0 Å². The van der Waals surface area contributed by atoms with Crippen LogP contribution in [0.2, 0.25) is 0 Å². The van der Waals surface area contributed by atoms with Crippen LogP contribution in [-0.4, -0.2) is 31.5 Å². The zero-order chi connectivity index (χ0) is 13.6. The van der Waals surface area contributed by atoms with Gasteiger partial charge in [0, 0.05) is 23.4 Å². The molecule has 1 heterocycles. The van der Waals surface area contributed by atoms with Gasteiger partial charge in [-0.3, -0.25) is 0 Å². The molecule has 0 fully saturated rings. The molecular formula is C12H22N2O2S2. The van der Waals surface area contributed by atoms with Crippen LogP contribution in [0.5, 0.6) is 0 Å². The molecular weight excluding hydrogens is 268 g/mol. The van der Waals surface area contributed by atoms with E-state index in [1.807, 2.05) is 20.0 Å². The first kappa shape index (κ1) is 15.6. The molecule has 0 aliphatic carbocycles. The van der Waals surface area contributed by atoms with Crippen molar-refractivity contribution in [2.24, 2.45) is 0 Å². The van der Waals surface area contributed by atoms with E-state index in [-0.39, 0.29) is 17.5 Å². The third-order valence-electron chi connectivity index (χ3n) is 2.67. The third-order valence-corrected chi connectivity index (χ3v) is 5.85. The van der Waals surface area contributed by atoms with E-state index in [1.54, 1.807) is 11.3 Å². The SMILES string of the molecule is CCCS(=O)(=O)CCNC(C)c1ncc(CC)s1. The number of thiazole rings is 1. The second kappa shape index (κ2) is 7.21. The van der Waals surface area contributed by atoms with Gasteiger partial charge in [-0.25, -0.2) is 13.4 Å². The van der Waals surface area contributed by atoms with Gasteiger partial charge >= 0.3 is 0 Å². The number of nitrogens with zero attached hydrogens (tertiary/aromatic N) is 1. The highest BCUT2D eigenvalue weighted by Crippen LogP contribution is 2.19. The summed E-state index contributed by atoms with van der Waals surface area (Å²) in [6, 6.07) is 0.118. The number of sulfone groups is 1. The summed E-state index contributed by atoms with van der Waals surface area (Å²) < 4.78 is 23.1. The van der Waals surface area contributed by atoms with Gasteiger partial charge in [-0.2, -0.15) is 0 Å². The smallest absolute Gasteiger partial charge is 0.151 e. The quantitative estimate of drug-likeness (QED) is 0.797. The Morgan fingerprint density at radius 3 is 2.67 bits per heavy atom. The van der Waals surface area contributed by atoms with E-state index in [9.17, 15) is 8.42 Å². The van der Waals surface area contributed by atoms with Crippen LogP contribution in [0.3, 0.4) is 0 Å². The average molecular weight is 290 g/mol. The molecule has 1 aromatic heterocycles. The average Bonchev–Trinajstić information content (AvgIpc) is 2.77. The van der Waals surface area contributed by atoms with Crippen LogP contribution in [0.15, 0.2) is 6.20 Å². The Morgan fingerprint density at radius 2 is 2.11 bits per heavy atom. The van der Waals surface area contributed by atoms with Crippen molar-refractivity contribution in [2.75, 3.05) is 18.1 Å². The summed E-state index contributed by atoms with van der Waals surface area (Å²) in [6.45, 7) is 6.50. The van der Waals surface area contributed by atoms with Gasteiger partial charge in [0.25, 0.3) is 0 Å².